The van der Waals surface area contributed by atoms with E-state index in [0.29, 0.717) is 53.6 Å². The van der Waals surface area contributed by atoms with Crippen LogP contribution in [0.3, 0.4) is 0 Å². The minimum absolute atomic E-state index is 0.158. The Balaban J connectivity index is 1.64. The molecule has 2 aromatic rings. The van der Waals surface area contributed by atoms with Crippen molar-refractivity contribution in [3.63, 3.8) is 0 Å². The van der Waals surface area contributed by atoms with Crippen LogP contribution in [0.1, 0.15) is 57.9 Å². The maximum atomic E-state index is 13.4. The lowest BCUT2D eigenvalue weighted by Gasteiger charge is -2.33. The summed E-state index contributed by atoms with van der Waals surface area (Å²) in [6.45, 7) is 9.17. The molecule has 1 saturated heterocycles. The van der Waals surface area contributed by atoms with E-state index in [9.17, 15) is 9.18 Å². The zero-order valence-corrected chi connectivity index (χ0v) is 17.2. The molecule has 0 spiro atoms. The number of benzene rings is 1. The molecular formula is C22H30FN3O2. The van der Waals surface area contributed by atoms with Gasteiger partial charge >= 0.3 is 0 Å². The zero-order valence-electron chi connectivity index (χ0n) is 17.2. The number of halogens is 1. The van der Waals surface area contributed by atoms with Crippen LogP contribution in [-0.4, -0.2) is 33.5 Å². The van der Waals surface area contributed by atoms with Gasteiger partial charge in [-0.1, -0.05) is 25.9 Å². The first kappa shape index (κ1) is 20.5. The van der Waals surface area contributed by atoms with Crippen LogP contribution in [0, 0.1) is 24.6 Å². The van der Waals surface area contributed by atoms with Gasteiger partial charge in [-0.15, -0.1) is 0 Å². The van der Waals surface area contributed by atoms with Crippen molar-refractivity contribution in [3.05, 3.63) is 35.5 Å². The van der Waals surface area contributed by atoms with Crippen LogP contribution >= 0.6 is 0 Å². The number of hydrogen-bond acceptors (Lipinski definition) is 4. The first-order valence-corrected chi connectivity index (χ1v) is 10.2. The van der Waals surface area contributed by atoms with Crippen molar-refractivity contribution in [1.29, 1.82) is 0 Å². The summed E-state index contributed by atoms with van der Waals surface area (Å²) in [6, 6.07) is 5.03. The number of nitrogens with zero attached hydrogens (tertiary/aromatic N) is 3. The first-order valence-electron chi connectivity index (χ1n) is 10.2. The summed E-state index contributed by atoms with van der Waals surface area (Å²) in [7, 11) is 0. The summed E-state index contributed by atoms with van der Waals surface area (Å²) >= 11 is 0. The SMILES string of the molecule is Cc1cc(-c2noc(CCC(=O)N3CCC(C)CCC3C(C)C)n2)ccc1F. The summed E-state index contributed by atoms with van der Waals surface area (Å²) in [4.78, 5) is 19.3. The molecule has 152 valence electrons. The Bertz CT molecular complexity index is 818. The van der Waals surface area contributed by atoms with E-state index in [1.807, 2.05) is 0 Å². The predicted octanol–water partition coefficient (Wildman–Crippen LogP) is 4.79. The smallest absolute Gasteiger partial charge is 0.227 e. The number of aromatic nitrogens is 2. The number of carbonyl (C=O) groups is 1. The van der Waals surface area contributed by atoms with Gasteiger partial charge in [-0.3, -0.25) is 4.79 Å². The van der Waals surface area contributed by atoms with Gasteiger partial charge in [-0.2, -0.15) is 4.98 Å². The molecule has 0 aliphatic carbocycles. The standard InChI is InChI=1S/C22H30FN3O2/c1-14(2)19-8-5-15(3)11-12-26(19)21(27)10-9-20-24-22(25-28-20)17-6-7-18(23)16(4)13-17/h6-7,13-15,19H,5,8-12H2,1-4H3. The van der Waals surface area contributed by atoms with Crippen LogP contribution in [0.2, 0.25) is 0 Å². The highest BCUT2D eigenvalue weighted by atomic mass is 19.1. The predicted molar refractivity (Wildman–Crippen MR) is 106 cm³/mol. The minimum atomic E-state index is -0.260. The molecule has 2 unspecified atom stereocenters. The molecule has 5 nitrogen and oxygen atoms in total. The lowest BCUT2D eigenvalue weighted by molar-refractivity contribution is -0.134. The number of aryl methyl sites for hydroxylation is 2. The highest BCUT2D eigenvalue weighted by molar-refractivity contribution is 5.76. The van der Waals surface area contributed by atoms with E-state index in [2.05, 4.69) is 35.8 Å². The number of likely N-dealkylation sites (tertiary alicyclic amines) is 1. The van der Waals surface area contributed by atoms with Gasteiger partial charge < -0.3 is 9.42 Å². The number of carbonyl (C=O) groups excluding carboxylic acids is 1. The third kappa shape index (κ3) is 4.78. The van der Waals surface area contributed by atoms with Crippen LogP contribution in [0.5, 0.6) is 0 Å². The number of hydrogen-bond donors (Lipinski definition) is 0. The van der Waals surface area contributed by atoms with Crippen molar-refractivity contribution < 1.29 is 13.7 Å². The maximum absolute atomic E-state index is 13.4. The summed E-state index contributed by atoms with van der Waals surface area (Å²) in [5, 5.41) is 3.98. The largest absolute Gasteiger partial charge is 0.339 e. The molecule has 1 fully saturated rings. The number of rotatable bonds is 5. The highest BCUT2D eigenvalue weighted by Crippen LogP contribution is 2.27. The van der Waals surface area contributed by atoms with Crippen molar-refractivity contribution in [2.75, 3.05) is 6.54 Å². The molecule has 0 N–H and O–H groups in total. The van der Waals surface area contributed by atoms with Crippen molar-refractivity contribution >= 4 is 5.91 Å². The van der Waals surface area contributed by atoms with E-state index in [0.717, 1.165) is 19.4 Å². The second-order valence-electron chi connectivity index (χ2n) is 8.35. The molecule has 0 bridgehead atoms. The average Bonchev–Trinajstić information content (AvgIpc) is 3.04. The Morgan fingerprint density at radius 2 is 2.11 bits per heavy atom. The minimum Gasteiger partial charge on any atom is -0.339 e. The van der Waals surface area contributed by atoms with Crippen molar-refractivity contribution in [2.24, 2.45) is 11.8 Å². The molecular weight excluding hydrogens is 357 g/mol. The normalized spacial score (nSPS) is 20.4. The van der Waals surface area contributed by atoms with Crippen LogP contribution in [0.25, 0.3) is 11.4 Å². The van der Waals surface area contributed by atoms with Crippen molar-refractivity contribution in [1.82, 2.24) is 15.0 Å². The van der Waals surface area contributed by atoms with E-state index < -0.39 is 0 Å². The van der Waals surface area contributed by atoms with Crippen LogP contribution < -0.4 is 0 Å². The summed E-state index contributed by atoms with van der Waals surface area (Å²) in [5.41, 5.74) is 1.25. The second kappa shape index (κ2) is 8.84. The lowest BCUT2D eigenvalue weighted by Crippen LogP contribution is -2.43. The molecule has 2 atom stereocenters. The second-order valence-corrected chi connectivity index (χ2v) is 8.35. The first-order chi connectivity index (χ1) is 13.3. The molecule has 1 aromatic carbocycles. The molecule has 1 aromatic heterocycles. The van der Waals surface area contributed by atoms with Gasteiger partial charge in [0.1, 0.15) is 5.82 Å². The third-order valence-corrected chi connectivity index (χ3v) is 5.75. The van der Waals surface area contributed by atoms with Gasteiger partial charge in [0.25, 0.3) is 0 Å². The highest BCUT2D eigenvalue weighted by Gasteiger charge is 2.29. The summed E-state index contributed by atoms with van der Waals surface area (Å²) in [6.07, 6.45) is 4.09. The molecule has 0 saturated carbocycles. The molecule has 3 rings (SSSR count). The van der Waals surface area contributed by atoms with Gasteiger partial charge in [-0.05, 0) is 61.8 Å². The third-order valence-electron chi connectivity index (χ3n) is 5.75. The Morgan fingerprint density at radius 3 is 2.82 bits per heavy atom. The molecule has 2 heterocycles. The molecule has 28 heavy (non-hydrogen) atoms. The Morgan fingerprint density at radius 1 is 1.32 bits per heavy atom. The summed E-state index contributed by atoms with van der Waals surface area (Å²) < 4.78 is 18.8. The monoisotopic (exact) mass is 387 g/mol. The molecule has 1 aliphatic heterocycles. The molecule has 6 heteroatoms. The Labute approximate surface area is 166 Å². The van der Waals surface area contributed by atoms with E-state index in [-0.39, 0.29) is 11.7 Å². The fraction of sp³-hybridized carbons (Fsp3) is 0.591. The van der Waals surface area contributed by atoms with Gasteiger partial charge in [-0.25, -0.2) is 4.39 Å². The van der Waals surface area contributed by atoms with Gasteiger partial charge in [0.15, 0.2) is 0 Å². The molecule has 1 aliphatic rings. The number of amides is 1. The quantitative estimate of drug-likeness (QED) is 0.740. The van der Waals surface area contributed by atoms with E-state index >= 15 is 0 Å². The van der Waals surface area contributed by atoms with Crippen molar-refractivity contribution in [2.45, 2.75) is 65.8 Å². The topological polar surface area (TPSA) is 59.2 Å². The van der Waals surface area contributed by atoms with Crippen LogP contribution in [0.4, 0.5) is 4.39 Å². The van der Waals surface area contributed by atoms with Crippen LogP contribution in [0.15, 0.2) is 22.7 Å². The van der Waals surface area contributed by atoms with Crippen molar-refractivity contribution in [3.8, 4) is 11.4 Å². The lowest BCUT2D eigenvalue weighted by atomic mass is 9.95. The van der Waals surface area contributed by atoms with Gasteiger partial charge in [0.2, 0.25) is 17.6 Å². The fourth-order valence-corrected chi connectivity index (χ4v) is 3.90. The summed E-state index contributed by atoms with van der Waals surface area (Å²) in [5.74, 6) is 1.88. The maximum Gasteiger partial charge on any atom is 0.227 e. The van der Waals surface area contributed by atoms with E-state index in [4.69, 9.17) is 4.52 Å². The Hall–Kier alpha value is -2.24. The fourth-order valence-electron chi connectivity index (χ4n) is 3.90. The van der Waals surface area contributed by atoms with E-state index in [1.165, 1.54) is 12.5 Å². The van der Waals surface area contributed by atoms with Gasteiger partial charge in [0.05, 0.1) is 0 Å². The molecule has 1 amide bonds. The average molecular weight is 387 g/mol. The van der Waals surface area contributed by atoms with Crippen LogP contribution in [-0.2, 0) is 11.2 Å². The Kier molecular flexibility index (Phi) is 6.47. The molecule has 0 radical (unpaired) electrons. The van der Waals surface area contributed by atoms with Gasteiger partial charge in [0, 0.05) is 31.0 Å². The zero-order chi connectivity index (χ0) is 20.3. The van der Waals surface area contributed by atoms with E-state index in [1.54, 1.807) is 19.1 Å².